The minimum Gasteiger partial charge on any atom is -0.367 e. The van der Waals surface area contributed by atoms with Crippen molar-refractivity contribution < 1.29 is 0 Å². The summed E-state index contributed by atoms with van der Waals surface area (Å²) in [5.41, 5.74) is 1.68. The molecule has 3 rings (SSSR count). The van der Waals surface area contributed by atoms with E-state index in [4.69, 9.17) is 11.6 Å². The summed E-state index contributed by atoms with van der Waals surface area (Å²) in [6, 6.07) is 7.49. The van der Waals surface area contributed by atoms with E-state index in [1.807, 2.05) is 24.3 Å². The summed E-state index contributed by atoms with van der Waals surface area (Å²) < 4.78 is 0. The Kier molecular flexibility index (Phi) is 4.09. The lowest BCUT2D eigenvalue weighted by molar-refractivity contribution is 0.442. The van der Waals surface area contributed by atoms with Crippen LogP contribution >= 0.6 is 11.6 Å². The zero-order valence-corrected chi connectivity index (χ0v) is 14.1. The summed E-state index contributed by atoms with van der Waals surface area (Å²) in [4.78, 5) is 8.57. The molecular weight excluding hydrogens is 312 g/mol. The van der Waals surface area contributed by atoms with Crippen LogP contribution in [0.15, 0.2) is 30.6 Å². The van der Waals surface area contributed by atoms with Crippen LogP contribution in [0.2, 0.25) is 5.02 Å². The summed E-state index contributed by atoms with van der Waals surface area (Å²) in [6.07, 6.45) is 1.50. The molecule has 0 radical (unpaired) electrons. The predicted molar refractivity (Wildman–Crippen MR) is 94.4 cm³/mol. The number of halogens is 1. The molecule has 3 N–H and O–H groups in total. The van der Waals surface area contributed by atoms with Gasteiger partial charge in [-0.3, -0.25) is 5.10 Å². The van der Waals surface area contributed by atoms with Gasteiger partial charge >= 0.3 is 0 Å². The van der Waals surface area contributed by atoms with Crippen molar-refractivity contribution in [2.24, 2.45) is 5.41 Å². The highest BCUT2D eigenvalue weighted by molar-refractivity contribution is 6.30. The van der Waals surface area contributed by atoms with E-state index in [1.54, 1.807) is 0 Å². The van der Waals surface area contributed by atoms with E-state index in [0.717, 1.165) is 23.4 Å². The number of hydrogen-bond donors (Lipinski definition) is 3. The van der Waals surface area contributed by atoms with Gasteiger partial charge < -0.3 is 10.6 Å². The summed E-state index contributed by atoms with van der Waals surface area (Å²) >= 11 is 6.04. The number of hydrogen-bond acceptors (Lipinski definition) is 5. The molecule has 2 aromatic heterocycles. The van der Waals surface area contributed by atoms with Crippen LogP contribution in [0.4, 0.5) is 17.3 Å². The number of benzene rings is 1. The molecule has 0 aliphatic rings. The van der Waals surface area contributed by atoms with Gasteiger partial charge in [-0.15, -0.1) is 0 Å². The largest absolute Gasteiger partial charge is 0.367 e. The van der Waals surface area contributed by atoms with Crippen molar-refractivity contribution in [3.63, 3.8) is 0 Å². The minimum absolute atomic E-state index is 0.140. The highest BCUT2D eigenvalue weighted by Gasteiger charge is 2.16. The highest BCUT2D eigenvalue weighted by atomic mass is 35.5. The Morgan fingerprint density at radius 2 is 2.00 bits per heavy atom. The molecule has 120 valence electrons. The van der Waals surface area contributed by atoms with Crippen LogP contribution in [-0.2, 0) is 0 Å². The molecule has 6 nitrogen and oxygen atoms in total. The molecule has 0 saturated heterocycles. The zero-order valence-electron chi connectivity index (χ0n) is 13.3. The van der Waals surface area contributed by atoms with E-state index in [0.29, 0.717) is 16.5 Å². The van der Waals surface area contributed by atoms with Crippen molar-refractivity contribution in [3.05, 3.63) is 35.6 Å². The van der Waals surface area contributed by atoms with E-state index in [9.17, 15) is 0 Å². The Labute approximate surface area is 139 Å². The number of anilines is 3. The SMILES string of the molecule is CC(C)(C)CNc1n[nH]c2ncnc(Nc3cccc(Cl)c3)c12. The fourth-order valence-corrected chi connectivity index (χ4v) is 2.32. The molecule has 3 aromatic rings. The molecule has 2 heterocycles. The van der Waals surface area contributed by atoms with Gasteiger partial charge in [0.1, 0.15) is 17.5 Å². The molecule has 0 saturated carbocycles. The highest BCUT2D eigenvalue weighted by Crippen LogP contribution is 2.29. The fraction of sp³-hybridized carbons (Fsp3) is 0.312. The van der Waals surface area contributed by atoms with E-state index in [-0.39, 0.29) is 5.41 Å². The molecular formula is C16H19ClN6. The first-order valence-corrected chi connectivity index (χ1v) is 7.76. The number of H-pyrrole nitrogens is 1. The molecule has 0 bridgehead atoms. The Morgan fingerprint density at radius 1 is 1.17 bits per heavy atom. The molecule has 0 amide bonds. The number of rotatable bonds is 4. The van der Waals surface area contributed by atoms with Crippen LogP contribution in [-0.4, -0.2) is 26.7 Å². The number of aromatic amines is 1. The first kappa shape index (κ1) is 15.6. The van der Waals surface area contributed by atoms with Gasteiger partial charge in [0.2, 0.25) is 0 Å². The topological polar surface area (TPSA) is 78.5 Å². The lowest BCUT2D eigenvalue weighted by Crippen LogP contribution is -2.19. The molecule has 0 aliphatic carbocycles. The Bertz CT molecular complexity index is 821. The van der Waals surface area contributed by atoms with Crippen molar-refractivity contribution in [3.8, 4) is 0 Å². The van der Waals surface area contributed by atoms with Gasteiger partial charge in [-0.2, -0.15) is 5.10 Å². The van der Waals surface area contributed by atoms with Crippen molar-refractivity contribution in [1.82, 2.24) is 20.2 Å². The van der Waals surface area contributed by atoms with E-state index in [1.165, 1.54) is 6.33 Å². The number of nitrogens with zero attached hydrogens (tertiary/aromatic N) is 3. The van der Waals surface area contributed by atoms with Crippen LogP contribution in [0.3, 0.4) is 0 Å². The first-order chi connectivity index (χ1) is 10.9. The second kappa shape index (κ2) is 6.04. The summed E-state index contributed by atoms with van der Waals surface area (Å²) in [6.45, 7) is 7.28. The van der Waals surface area contributed by atoms with Crippen molar-refractivity contribution in [2.75, 3.05) is 17.2 Å². The predicted octanol–water partition coefficient (Wildman–Crippen LogP) is 4.21. The monoisotopic (exact) mass is 330 g/mol. The van der Waals surface area contributed by atoms with Gasteiger partial charge in [-0.05, 0) is 23.6 Å². The number of fused-ring (bicyclic) bond motifs is 1. The molecule has 0 unspecified atom stereocenters. The van der Waals surface area contributed by atoms with Gasteiger partial charge in [0.25, 0.3) is 0 Å². The molecule has 0 aliphatic heterocycles. The van der Waals surface area contributed by atoms with Gasteiger partial charge in [0, 0.05) is 17.3 Å². The Morgan fingerprint density at radius 3 is 2.74 bits per heavy atom. The Hall–Kier alpha value is -2.34. The normalized spacial score (nSPS) is 11.7. The van der Waals surface area contributed by atoms with E-state index in [2.05, 4.69) is 51.6 Å². The van der Waals surface area contributed by atoms with Gasteiger partial charge in [0.05, 0.1) is 0 Å². The lowest BCUT2D eigenvalue weighted by atomic mass is 9.97. The second-order valence-corrected chi connectivity index (χ2v) is 7.00. The smallest absolute Gasteiger partial charge is 0.162 e. The van der Waals surface area contributed by atoms with Gasteiger partial charge in [-0.25, -0.2) is 9.97 Å². The van der Waals surface area contributed by atoms with Crippen LogP contribution in [0.25, 0.3) is 11.0 Å². The maximum atomic E-state index is 6.04. The third kappa shape index (κ3) is 3.71. The summed E-state index contributed by atoms with van der Waals surface area (Å²) in [5, 5.41) is 15.4. The molecule has 0 spiro atoms. The average Bonchev–Trinajstić information content (AvgIpc) is 2.89. The zero-order chi connectivity index (χ0) is 16.4. The number of nitrogens with one attached hydrogen (secondary N) is 3. The van der Waals surface area contributed by atoms with Gasteiger partial charge in [-0.1, -0.05) is 38.4 Å². The van der Waals surface area contributed by atoms with E-state index >= 15 is 0 Å². The van der Waals surface area contributed by atoms with Crippen molar-refractivity contribution in [2.45, 2.75) is 20.8 Å². The first-order valence-electron chi connectivity index (χ1n) is 7.38. The maximum absolute atomic E-state index is 6.04. The lowest BCUT2D eigenvalue weighted by Gasteiger charge is -2.18. The maximum Gasteiger partial charge on any atom is 0.162 e. The third-order valence-corrected chi connectivity index (χ3v) is 3.47. The molecule has 7 heteroatoms. The molecule has 0 fully saturated rings. The molecule has 23 heavy (non-hydrogen) atoms. The minimum atomic E-state index is 0.140. The standard InChI is InChI=1S/C16H19ClN6/c1-16(2,3)8-18-14-12-13(19-9-20-15(12)23-22-14)21-11-6-4-5-10(17)7-11/h4-7,9H,8H2,1-3H3,(H3,18,19,20,21,22,23). The fourth-order valence-electron chi connectivity index (χ4n) is 2.13. The third-order valence-electron chi connectivity index (χ3n) is 3.23. The van der Waals surface area contributed by atoms with Crippen LogP contribution in [0.5, 0.6) is 0 Å². The summed E-state index contributed by atoms with van der Waals surface area (Å²) in [7, 11) is 0. The average molecular weight is 331 g/mol. The second-order valence-electron chi connectivity index (χ2n) is 6.57. The molecule has 1 aromatic carbocycles. The van der Waals surface area contributed by atoms with Crippen LogP contribution in [0, 0.1) is 5.41 Å². The number of aromatic nitrogens is 4. The van der Waals surface area contributed by atoms with E-state index < -0.39 is 0 Å². The quantitative estimate of drug-likeness (QED) is 0.668. The molecule has 0 atom stereocenters. The van der Waals surface area contributed by atoms with Crippen molar-refractivity contribution >= 4 is 40.0 Å². The van der Waals surface area contributed by atoms with Crippen LogP contribution < -0.4 is 10.6 Å². The van der Waals surface area contributed by atoms with Crippen LogP contribution in [0.1, 0.15) is 20.8 Å². The van der Waals surface area contributed by atoms with Crippen molar-refractivity contribution in [1.29, 1.82) is 0 Å². The van der Waals surface area contributed by atoms with Gasteiger partial charge in [0.15, 0.2) is 11.5 Å². The summed E-state index contributed by atoms with van der Waals surface area (Å²) in [5.74, 6) is 1.42. The Balaban J connectivity index is 1.95.